The predicted octanol–water partition coefficient (Wildman–Crippen LogP) is 3.47. The first kappa shape index (κ1) is 9.25. The van der Waals surface area contributed by atoms with Crippen LogP contribution in [0.1, 0.15) is 38.2 Å². The molecule has 1 aromatic carbocycles. The molecule has 1 N–H and O–H groups in total. The lowest BCUT2D eigenvalue weighted by molar-refractivity contribution is 0.669. The van der Waals surface area contributed by atoms with E-state index in [4.69, 9.17) is 0 Å². The molecule has 2 nitrogen and oxygen atoms in total. The number of H-pyrrole nitrogens is 1. The number of hydrogen-bond acceptors (Lipinski definition) is 1. The van der Waals surface area contributed by atoms with Gasteiger partial charge in [-0.3, -0.25) is 5.10 Å². The summed E-state index contributed by atoms with van der Waals surface area (Å²) < 4.78 is 0. The van der Waals surface area contributed by atoms with E-state index in [2.05, 4.69) is 42.2 Å². The molecule has 1 atom stereocenters. The fourth-order valence-electron chi connectivity index (χ4n) is 2.01. The van der Waals surface area contributed by atoms with Gasteiger partial charge in [0.15, 0.2) is 0 Å². The van der Waals surface area contributed by atoms with Crippen molar-refractivity contribution in [3.8, 4) is 0 Å². The number of rotatable bonds is 3. The van der Waals surface area contributed by atoms with Crippen LogP contribution in [0, 0.1) is 0 Å². The van der Waals surface area contributed by atoms with E-state index in [0.29, 0.717) is 5.92 Å². The summed E-state index contributed by atoms with van der Waals surface area (Å²) in [5.74, 6) is 0.626. The van der Waals surface area contributed by atoms with Crippen molar-refractivity contribution in [3.63, 3.8) is 0 Å². The van der Waals surface area contributed by atoms with Gasteiger partial charge in [-0.15, -0.1) is 0 Å². The summed E-state index contributed by atoms with van der Waals surface area (Å²) in [5.41, 5.74) is 2.56. The van der Waals surface area contributed by atoms with Gasteiger partial charge in [0.1, 0.15) is 0 Å². The van der Waals surface area contributed by atoms with Crippen LogP contribution in [0.4, 0.5) is 0 Å². The molecule has 0 amide bonds. The standard InChI is InChI=1S/C12H16N2/c1-3-5-9(2)10-6-4-7-12-11(10)8-13-14-12/h4,6-9H,3,5H2,1-2H3,(H,13,14). The molecule has 0 aliphatic carbocycles. The second kappa shape index (κ2) is 3.82. The van der Waals surface area contributed by atoms with Crippen LogP contribution in [0.2, 0.25) is 0 Å². The first-order valence-electron chi connectivity index (χ1n) is 5.25. The third-order valence-corrected chi connectivity index (χ3v) is 2.77. The van der Waals surface area contributed by atoms with Gasteiger partial charge in [-0.1, -0.05) is 32.4 Å². The zero-order chi connectivity index (χ0) is 9.97. The van der Waals surface area contributed by atoms with Crippen LogP contribution in [0.25, 0.3) is 10.9 Å². The van der Waals surface area contributed by atoms with E-state index in [1.807, 2.05) is 6.20 Å². The molecule has 1 unspecified atom stereocenters. The SMILES string of the molecule is CCCC(C)c1cccc2[nH]ncc12. The molecule has 1 aromatic heterocycles. The fourth-order valence-corrected chi connectivity index (χ4v) is 2.01. The quantitative estimate of drug-likeness (QED) is 0.785. The first-order chi connectivity index (χ1) is 6.83. The lowest BCUT2D eigenvalue weighted by Gasteiger charge is -2.11. The van der Waals surface area contributed by atoms with Crippen molar-refractivity contribution in [1.82, 2.24) is 10.2 Å². The molecule has 0 aliphatic heterocycles. The van der Waals surface area contributed by atoms with E-state index in [9.17, 15) is 0 Å². The molecule has 0 spiro atoms. The van der Waals surface area contributed by atoms with Crippen molar-refractivity contribution in [2.24, 2.45) is 0 Å². The summed E-state index contributed by atoms with van der Waals surface area (Å²) in [7, 11) is 0. The molecule has 2 aromatic rings. The number of nitrogens with zero attached hydrogens (tertiary/aromatic N) is 1. The number of fused-ring (bicyclic) bond motifs is 1. The normalized spacial score (nSPS) is 13.3. The maximum absolute atomic E-state index is 4.08. The smallest absolute Gasteiger partial charge is 0.0653 e. The highest BCUT2D eigenvalue weighted by atomic mass is 15.1. The van der Waals surface area contributed by atoms with Crippen LogP contribution in [0.5, 0.6) is 0 Å². The van der Waals surface area contributed by atoms with E-state index in [1.165, 1.54) is 23.8 Å². The lowest BCUT2D eigenvalue weighted by atomic mass is 9.94. The number of hydrogen-bond donors (Lipinski definition) is 1. The highest BCUT2D eigenvalue weighted by molar-refractivity contribution is 5.82. The monoisotopic (exact) mass is 188 g/mol. The van der Waals surface area contributed by atoms with Gasteiger partial charge in [-0.2, -0.15) is 5.10 Å². The minimum absolute atomic E-state index is 0.626. The maximum Gasteiger partial charge on any atom is 0.0653 e. The molecule has 0 saturated carbocycles. The zero-order valence-corrected chi connectivity index (χ0v) is 8.75. The molecule has 0 saturated heterocycles. The third kappa shape index (κ3) is 1.52. The van der Waals surface area contributed by atoms with Crippen molar-refractivity contribution >= 4 is 10.9 Å². The molecule has 0 radical (unpaired) electrons. The summed E-state index contributed by atoms with van der Waals surface area (Å²) in [6.45, 7) is 4.51. The summed E-state index contributed by atoms with van der Waals surface area (Å²) in [6, 6.07) is 6.38. The minimum atomic E-state index is 0.626. The van der Waals surface area contributed by atoms with Crippen LogP contribution in [-0.4, -0.2) is 10.2 Å². The fraction of sp³-hybridized carbons (Fsp3) is 0.417. The van der Waals surface area contributed by atoms with Crippen molar-refractivity contribution in [2.45, 2.75) is 32.6 Å². The van der Waals surface area contributed by atoms with E-state index < -0.39 is 0 Å². The molecule has 1 heterocycles. The highest BCUT2D eigenvalue weighted by Gasteiger charge is 2.08. The molecule has 0 aliphatic rings. The Morgan fingerprint density at radius 1 is 1.43 bits per heavy atom. The summed E-state index contributed by atoms with van der Waals surface area (Å²) in [4.78, 5) is 0. The Morgan fingerprint density at radius 2 is 2.29 bits per heavy atom. The van der Waals surface area contributed by atoms with Crippen LogP contribution in [-0.2, 0) is 0 Å². The van der Waals surface area contributed by atoms with E-state index >= 15 is 0 Å². The third-order valence-electron chi connectivity index (χ3n) is 2.77. The van der Waals surface area contributed by atoms with Crippen molar-refractivity contribution in [2.75, 3.05) is 0 Å². The maximum atomic E-state index is 4.08. The van der Waals surface area contributed by atoms with Crippen LogP contribution in [0.15, 0.2) is 24.4 Å². The van der Waals surface area contributed by atoms with Gasteiger partial charge >= 0.3 is 0 Å². The van der Waals surface area contributed by atoms with Gasteiger partial charge in [0.2, 0.25) is 0 Å². The van der Waals surface area contributed by atoms with E-state index in [1.54, 1.807) is 0 Å². The second-order valence-corrected chi connectivity index (χ2v) is 3.87. The Kier molecular flexibility index (Phi) is 2.53. The van der Waals surface area contributed by atoms with Crippen LogP contribution in [0.3, 0.4) is 0 Å². The topological polar surface area (TPSA) is 28.7 Å². The molecule has 0 bridgehead atoms. The van der Waals surface area contributed by atoms with Gasteiger partial charge in [0.05, 0.1) is 11.7 Å². The molecule has 2 rings (SSSR count). The Bertz CT molecular complexity index is 417. The van der Waals surface area contributed by atoms with Crippen molar-refractivity contribution < 1.29 is 0 Å². The summed E-state index contributed by atoms with van der Waals surface area (Å²) in [6.07, 6.45) is 4.40. The first-order valence-corrected chi connectivity index (χ1v) is 5.25. The predicted molar refractivity (Wildman–Crippen MR) is 59.4 cm³/mol. The number of aromatic nitrogens is 2. The molecule has 2 heteroatoms. The molecule has 0 fully saturated rings. The average molecular weight is 188 g/mol. The number of nitrogens with one attached hydrogen (secondary N) is 1. The Hall–Kier alpha value is -1.31. The average Bonchev–Trinajstić information content (AvgIpc) is 2.65. The Morgan fingerprint density at radius 3 is 3.07 bits per heavy atom. The Balaban J connectivity index is 2.45. The van der Waals surface area contributed by atoms with Gasteiger partial charge in [-0.05, 0) is 24.0 Å². The number of benzene rings is 1. The van der Waals surface area contributed by atoms with Crippen molar-refractivity contribution in [3.05, 3.63) is 30.0 Å². The van der Waals surface area contributed by atoms with Crippen LogP contribution >= 0.6 is 0 Å². The number of aromatic amines is 1. The van der Waals surface area contributed by atoms with Gasteiger partial charge in [0, 0.05) is 5.39 Å². The van der Waals surface area contributed by atoms with E-state index in [0.717, 1.165) is 5.52 Å². The highest BCUT2D eigenvalue weighted by Crippen LogP contribution is 2.26. The molecule has 74 valence electrons. The lowest BCUT2D eigenvalue weighted by Crippen LogP contribution is -1.92. The largest absolute Gasteiger partial charge is 0.278 e. The molecule has 14 heavy (non-hydrogen) atoms. The minimum Gasteiger partial charge on any atom is -0.278 e. The molecular weight excluding hydrogens is 172 g/mol. The van der Waals surface area contributed by atoms with Crippen molar-refractivity contribution in [1.29, 1.82) is 0 Å². The summed E-state index contributed by atoms with van der Waals surface area (Å²) in [5, 5.41) is 8.36. The Labute approximate surface area is 84.3 Å². The van der Waals surface area contributed by atoms with Gasteiger partial charge in [-0.25, -0.2) is 0 Å². The van der Waals surface area contributed by atoms with Gasteiger partial charge < -0.3 is 0 Å². The second-order valence-electron chi connectivity index (χ2n) is 3.87. The molecular formula is C12H16N2. The summed E-state index contributed by atoms with van der Waals surface area (Å²) >= 11 is 0. The van der Waals surface area contributed by atoms with E-state index in [-0.39, 0.29) is 0 Å². The van der Waals surface area contributed by atoms with Crippen LogP contribution < -0.4 is 0 Å². The zero-order valence-electron chi connectivity index (χ0n) is 8.75. The van der Waals surface area contributed by atoms with Gasteiger partial charge in [0.25, 0.3) is 0 Å².